The van der Waals surface area contributed by atoms with Crippen LogP contribution in [0.1, 0.15) is 76.1 Å². The fraction of sp³-hybridized carbons (Fsp3) is 0.296. The van der Waals surface area contributed by atoms with E-state index in [0.717, 1.165) is 28.1 Å². The number of carbonyl (C=O) groups excluding carboxylic acids is 1. The van der Waals surface area contributed by atoms with Gasteiger partial charge in [-0.3, -0.25) is 14.5 Å². The number of hydrogen-bond acceptors (Lipinski definition) is 5. The van der Waals surface area contributed by atoms with Gasteiger partial charge in [0.2, 0.25) is 5.76 Å². The first-order valence-corrected chi connectivity index (χ1v) is 12.1. The van der Waals surface area contributed by atoms with Crippen molar-refractivity contribution in [3.05, 3.63) is 91.3 Å². The number of aromatic nitrogens is 1. The van der Waals surface area contributed by atoms with Crippen molar-refractivity contribution in [1.29, 1.82) is 0 Å². The molecule has 1 aliphatic rings. The average molecular weight is 459 g/mol. The van der Waals surface area contributed by atoms with E-state index in [1.165, 1.54) is 16.9 Å². The summed E-state index contributed by atoms with van der Waals surface area (Å²) < 4.78 is 6.08. The van der Waals surface area contributed by atoms with Crippen LogP contribution in [0.5, 0.6) is 0 Å². The summed E-state index contributed by atoms with van der Waals surface area (Å²) in [6, 6.07) is 13.2. The number of fused-ring (bicyclic) bond motifs is 2. The van der Waals surface area contributed by atoms with Gasteiger partial charge in [0.05, 0.1) is 22.7 Å². The molecule has 168 valence electrons. The van der Waals surface area contributed by atoms with Crippen LogP contribution in [0, 0.1) is 13.8 Å². The number of rotatable bonds is 4. The lowest BCUT2D eigenvalue weighted by molar-refractivity contribution is 0.0971. The monoisotopic (exact) mass is 458 g/mol. The van der Waals surface area contributed by atoms with Gasteiger partial charge in [0, 0.05) is 4.88 Å². The van der Waals surface area contributed by atoms with Crippen molar-refractivity contribution in [2.24, 2.45) is 0 Å². The summed E-state index contributed by atoms with van der Waals surface area (Å²) in [4.78, 5) is 34.8. The quantitative estimate of drug-likeness (QED) is 0.360. The molecule has 0 saturated carbocycles. The van der Waals surface area contributed by atoms with Crippen molar-refractivity contribution in [3.63, 3.8) is 0 Å². The lowest BCUT2D eigenvalue weighted by Crippen LogP contribution is -2.29. The molecule has 3 heterocycles. The van der Waals surface area contributed by atoms with E-state index < -0.39 is 6.04 Å². The highest BCUT2D eigenvalue weighted by molar-refractivity contribution is 7.15. The second kappa shape index (κ2) is 7.96. The Kier molecular flexibility index (Phi) is 5.20. The van der Waals surface area contributed by atoms with Crippen LogP contribution in [0.25, 0.3) is 11.0 Å². The molecule has 0 N–H and O–H groups in total. The average Bonchev–Trinajstić information content (AvgIpc) is 3.29. The molecule has 5 nitrogen and oxygen atoms in total. The molecule has 1 unspecified atom stereocenters. The fourth-order valence-corrected chi connectivity index (χ4v) is 5.31. The molecule has 0 aliphatic carbocycles. The van der Waals surface area contributed by atoms with Crippen LogP contribution >= 0.6 is 11.3 Å². The van der Waals surface area contributed by atoms with Gasteiger partial charge in [0.15, 0.2) is 10.6 Å². The van der Waals surface area contributed by atoms with Crippen LogP contribution in [-0.4, -0.2) is 10.9 Å². The molecule has 0 fully saturated rings. The molecular weight excluding hydrogens is 432 g/mol. The van der Waals surface area contributed by atoms with E-state index >= 15 is 0 Å². The van der Waals surface area contributed by atoms with Gasteiger partial charge in [-0.2, -0.15) is 0 Å². The van der Waals surface area contributed by atoms with Crippen LogP contribution in [0.3, 0.4) is 0 Å². The Hall–Kier alpha value is -3.25. The van der Waals surface area contributed by atoms with Gasteiger partial charge in [-0.1, -0.05) is 51.1 Å². The molecule has 1 amide bonds. The molecule has 4 aromatic rings. The summed E-state index contributed by atoms with van der Waals surface area (Å²) in [5, 5.41) is 1.09. The van der Waals surface area contributed by atoms with Crippen molar-refractivity contribution in [3.8, 4) is 0 Å². The smallest absolute Gasteiger partial charge is 0.297 e. The molecule has 0 radical (unpaired) electrons. The van der Waals surface area contributed by atoms with E-state index in [2.05, 4.69) is 31.0 Å². The van der Waals surface area contributed by atoms with E-state index in [1.54, 1.807) is 11.0 Å². The van der Waals surface area contributed by atoms with Gasteiger partial charge in [-0.15, -0.1) is 11.3 Å². The van der Waals surface area contributed by atoms with Crippen molar-refractivity contribution in [2.45, 2.75) is 53.0 Å². The summed E-state index contributed by atoms with van der Waals surface area (Å²) in [7, 11) is 0. The molecule has 1 aliphatic heterocycles. The predicted molar refractivity (Wildman–Crippen MR) is 133 cm³/mol. The van der Waals surface area contributed by atoms with Gasteiger partial charge < -0.3 is 4.42 Å². The molecule has 0 saturated heterocycles. The van der Waals surface area contributed by atoms with Gasteiger partial charge in [-0.05, 0) is 55.0 Å². The normalized spacial score (nSPS) is 15.6. The molecule has 0 bridgehead atoms. The number of aryl methyl sites for hydroxylation is 3. The number of nitrogens with zero attached hydrogens (tertiary/aromatic N) is 2. The zero-order chi connectivity index (χ0) is 23.4. The maximum Gasteiger partial charge on any atom is 0.297 e. The van der Waals surface area contributed by atoms with Crippen molar-refractivity contribution < 1.29 is 9.21 Å². The fourth-order valence-electron chi connectivity index (χ4n) is 4.37. The third-order valence-electron chi connectivity index (χ3n) is 6.48. The number of benzene rings is 2. The Morgan fingerprint density at radius 1 is 1.09 bits per heavy atom. The van der Waals surface area contributed by atoms with Gasteiger partial charge >= 0.3 is 0 Å². The van der Waals surface area contributed by atoms with Crippen LogP contribution < -0.4 is 10.3 Å². The minimum atomic E-state index is -0.579. The lowest BCUT2D eigenvalue weighted by Gasteiger charge is -2.23. The van der Waals surface area contributed by atoms with Gasteiger partial charge in [-0.25, -0.2) is 4.98 Å². The Bertz CT molecular complexity index is 1430. The number of hydrogen-bond donors (Lipinski definition) is 0. The highest BCUT2D eigenvalue weighted by Gasteiger charge is 2.45. The number of anilines is 1. The molecule has 6 heteroatoms. The number of amides is 1. The van der Waals surface area contributed by atoms with Crippen molar-refractivity contribution in [2.75, 3.05) is 4.90 Å². The Balaban J connectivity index is 1.78. The van der Waals surface area contributed by atoms with E-state index in [0.29, 0.717) is 27.6 Å². The third kappa shape index (κ3) is 3.40. The maximum absolute atomic E-state index is 13.8. The van der Waals surface area contributed by atoms with Gasteiger partial charge in [0.25, 0.3) is 5.91 Å². The van der Waals surface area contributed by atoms with Crippen LogP contribution in [-0.2, 0) is 6.42 Å². The van der Waals surface area contributed by atoms with E-state index in [-0.39, 0.29) is 17.1 Å². The van der Waals surface area contributed by atoms with E-state index in [4.69, 9.17) is 4.42 Å². The first-order valence-electron chi connectivity index (χ1n) is 11.3. The highest BCUT2D eigenvalue weighted by atomic mass is 32.1. The van der Waals surface area contributed by atoms with Gasteiger partial charge in [0.1, 0.15) is 5.58 Å². The van der Waals surface area contributed by atoms with Crippen molar-refractivity contribution in [1.82, 2.24) is 4.98 Å². The Morgan fingerprint density at radius 3 is 2.42 bits per heavy atom. The van der Waals surface area contributed by atoms with Crippen LogP contribution in [0.4, 0.5) is 5.13 Å². The lowest BCUT2D eigenvalue weighted by atomic mass is 9.95. The molecular formula is C27H26N2O3S. The summed E-state index contributed by atoms with van der Waals surface area (Å²) >= 11 is 1.46. The minimum absolute atomic E-state index is 0.111. The molecule has 1 atom stereocenters. The third-order valence-corrected chi connectivity index (χ3v) is 7.56. The van der Waals surface area contributed by atoms with E-state index in [9.17, 15) is 9.59 Å². The number of thiazole rings is 1. The maximum atomic E-state index is 13.8. The minimum Gasteiger partial charge on any atom is -0.450 e. The summed E-state index contributed by atoms with van der Waals surface area (Å²) in [5.41, 5.74) is 4.68. The highest BCUT2D eigenvalue weighted by Crippen LogP contribution is 2.43. The summed E-state index contributed by atoms with van der Waals surface area (Å²) in [6.45, 7) is 10.2. The first-order chi connectivity index (χ1) is 15.8. The predicted octanol–water partition coefficient (Wildman–Crippen LogP) is 6.30. The molecule has 2 aromatic carbocycles. The summed E-state index contributed by atoms with van der Waals surface area (Å²) in [5.74, 6) is 0.175. The molecule has 5 rings (SSSR count). The SMILES string of the molecule is CCc1ccc2oc3c(c(=O)c2c1)C(c1ccc(C(C)C)cc1)N(c1nc(C)c(C)s1)C3=O. The zero-order valence-corrected chi connectivity index (χ0v) is 20.2. The van der Waals surface area contributed by atoms with Crippen LogP contribution in [0.2, 0.25) is 0 Å². The largest absolute Gasteiger partial charge is 0.450 e. The molecule has 2 aromatic heterocycles. The second-order valence-corrected chi connectivity index (χ2v) is 10.1. The summed E-state index contributed by atoms with van der Waals surface area (Å²) in [6.07, 6.45) is 0.815. The molecule has 33 heavy (non-hydrogen) atoms. The topological polar surface area (TPSA) is 63.4 Å². The van der Waals surface area contributed by atoms with Crippen molar-refractivity contribution >= 4 is 33.3 Å². The van der Waals surface area contributed by atoms with Crippen LogP contribution in [0.15, 0.2) is 51.7 Å². The number of carbonyl (C=O) groups is 1. The van der Waals surface area contributed by atoms with E-state index in [1.807, 2.05) is 45.0 Å². The standard InChI is InChI=1S/C27H26N2O3S/c1-6-17-7-12-21-20(13-17)24(30)22-23(19-10-8-18(9-11-19)14(2)3)29(26(31)25(22)32-21)27-28-15(4)16(5)33-27/h7-14,23H,6H2,1-5H3. The Labute approximate surface area is 196 Å². The first kappa shape index (κ1) is 21.6. The Morgan fingerprint density at radius 2 is 1.82 bits per heavy atom. The second-order valence-electron chi connectivity index (χ2n) is 8.90. The zero-order valence-electron chi connectivity index (χ0n) is 19.4. The molecule has 0 spiro atoms.